The van der Waals surface area contributed by atoms with Gasteiger partial charge in [0.05, 0.1) is 25.2 Å². The second kappa shape index (κ2) is 9.45. The van der Waals surface area contributed by atoms with Gasteiger partial charge in [-0.2, -0.15) is 4.99 Å². The molecule has 2 aliphatic heterocycles. The van der Waals surface area contributed by atoms with Crippen LogP contribution >= 0.6 is 11.8 Å². The number of hydrogen-bond acceptors (Lipinski definition) is 6. The van der Waals surface area contributed by atoms with Gasteiger partial charge in [0.2, 0.25) is 0 Å². The van der Waals surface area contributed by atoms with Gasteiger partial charge < -0.3 is 19.5 Å². The molecule has 198 valence electrons. The average molecular weight is 531 g/mol. The number of benzene rings is 2. The summed E-state index contributed by atoms with van der Waals surface area (Å²) in [5, 5.41) is 11.8. The first-order valence-electron chi connectivity index (χ1n) is 13.9. The van der Waals surface area contributed by atoms with E-state index in [1.54, 1.807) is 7.11 Å². The number of phenolic OH excluding ortho intramolecular Hbond substituents is 1. The van der Waals surface area contributed by atoms with E-state index in [2.05, 4.69) is 22.0 Å². The number of amidine groups is 1. The third kappa shape index (κ3) is 4.24. The maximum absolute atomic E-state index is 12.7. The van der Waals surface area contributed by atoms with Crippen LogP contribution < -0.4 is 4.74 Å². The Morgan fingerprint density at radius 1 is 1.05 bits per heavy atom. The van der Waals surface area contributed by atoms with E-state index in [0.29, 0.717) is 23.9 Å². The molecule has 1 saturated heterocycles. The molecule has 1 amide bonds. The zero-order valence-corrected chi connectivity index (χ0v) is 22.6. The van der Waals surface area contributed by atoms with E-state index in [4.69, 9.17) is 9.47 Å². The zero-order chi connectivity index (χ0) is 25.9. The van der Waals surface area contributed by atoms with Crippen LogP contribution in [0.3, 0.4) is 0 Å². The van der Waals surface area contributed by atoms with E-state index < -0.39 is 0 Å². The highest BCUT2D eigenvalue weighted by molar-refractivity contribution is 8.18. The number of phenols is 1. The van der Waals surface area contributed by atoms with Crippen molar-refractivity contribution >= 4 is 28.9 Å². The second-order valence-electron chi connectivity index (χ2n) is 11.8. The van der Waals surface area contributed by atoms with Crippen LogP contribution in [-0.2, 0) is 14.9 Å². The molecule has 0 aromatic heterocycles. The highest BCUT2D eigenvalue weighted by Gasteiger charge is 2.52. The van der Waals surface area contributed by atoms with Crippen molar-refractivity contribution in [2.24, 2.45) is 22.7 Å². The van der Waals surface area contributed by atoms with Crippen LogP contribution in [0.4, 0.5) is 0 Å². The molecule has 6 aliphatic rings. The molecule has 38 heavy (non-hydrogen) atoms. The predicted octanol–water partition coefficient (Wildman–Crippen LogP) is 5.84. The van der Waals surface area contributed by atoms with E-state index in [0.717, 1.165) is 64.0 Å². The Morgan fingerprint density at radius 2 is 1.76 bits per heavy atom. The zero-order valence-electron chi connectivity index (χ0n) is 21.8. The Bertz CT molecular complexity index is 1310. The molecule has 2 aromatic rings. The molecule has 0 spiro atoms. The summed E-state index contributed by atoms with van der Waals surface area (Å²) in [4.78, 5) is 19.8. The molecule has 0 radical (unpaired) electrons. The lowest BCUT2D eigenvalue weighted by atomic mass is 9.48. The van der Waals surface area contributed by atoms with Crippen LogP contribution in [-0.4, -0.2) is 54.5 Å². The Morgan fingerprint density at radius 3 is 2.45 bits per heavy atom. The predicted molar refractivity (Wildman–Crippen MR) is 150 cm³/mol. The van der Waals surface area contributed by atoms with Gasteiger partial charge in [0.15, 0.2) is 5.17 Å². The quantitative estimate of drug-likeness (QED) is 0.501. The minimum atomic E-state index is -0.192. The van der Waals surface area contributed by atoms with Gasteiger partial charge in [0.25, 0.3) is 5.91 Å². The molecule has 1 N–H and O–H groups in total. The Kier molecular flexibility index (Phi) is 6.04. The van der Waals surface area contributed by atoms with Crippen molar-refractivity contribution in [1.29, 1.82) is 0 Å². The molecule has 6 nitrogen and oxygen atoms in total. The van der Waals surface area contributed by atoms with E-state index in [-0.39, 0.29) is 11.3 Å². The summed E-state index contributed by atoms with van der Waals surface area (Å²) in [6.07, 6.45) is 9.64. The maximum Gasteiger partial charge on any atom is 0.286 e. The number of carbonyl (C=O) groups is 1. The van der Waals surface area contributed by atoms with Crippen LogP contribution in [0.25, 0.3) is 17.2 Å². The normalized spacial score (nSPS) is 31.2. The van der Waals surface area contributed by atoms with Gasteiger partial charge in [0, 0.05) is 24.2 Å². The minimum Gasteiger partial charge on any atom is -0.508 e. The van der Waals surface area contributed by atoms with Crippen molar-refractivity contribution in [3.8, 4) is 22.6 Å². The van der Waals surface area contributed by atoms with Gasteiger partial charge in [-0.1, -0.05) is 12.1 Å². The number of nitrogens with zero attached hydrogens (tertiary/aromatic N) is 2. The topological polar surface area (TPSA) is 71.4 Å². The molecule has 4 saturated carbocycles. The first-order chi connectivity index (χ1) is 18.5. The van der Waals surface area contributed by atoms with Gasteiger partial charge >= 0.3 is 0 Å². The number of carbonyl (C=O) groups excluding carboxylic acids is 1. The van der Waals surface area contributed by atoms with Crippen LogP contribution in [0.2, 0.25) is 0 Å². The Balaban J connectivity index is 1.21. The number of hydrogen-bond donors (Lipinski definition) is 1. The molecule has 4 aliphatic carbocycles. The fourth-order valence-corrected chi connectivity index (χ4v) is 9.01. The van der Waals surface area contributed by atoms with Crippen LogP contribution in [0.5, 0.6) is 11.5 Å². The lowest BCUT2D eigenvalue weighted by molar-refractivity contribution is -0.113. The van der Waals surface area contributed by atoms with Crippen molar-refractivity contribution in [1.82, 2.24) is 4.90 Å². The van der Waals surface area contributed by atoms with Crippen molar-refractivity contribution in [2.45, 2.75) is 43.9 Å². The van der Waals surface area contributed by atoms with Gasteiger partial charge in [-0.25, -0.2) is 0 Å². The summed E-state index contributed by atoms with van der Waals surface area (Å²) in [5.41, 5.74) is 4.16. The summed E-state index contributed by atoms with van der Waals surface area (Å²) in [6.45, 7) is 2.83. The van der Waals surface area contributed by atoms with Gasteiger partial charge in [0.1, 0.15) is 11.5 Å². The molecule has 0 atom stereocenters. The van der Waals surface area contributed by atoms with Crippen LogP contribution in [0, 0.1) is 17.8 Å². The van der Waals surface area contributed by atoms with Crippen molar-refractivity contribution < 1.29 is 19.4 Å². The largest absolute Gasteiger partial charge is 0.508 e. The SMILES string of the molecule is COc1ccc(/C=C2/SC(N3CCOCC3)=NC2=O)cc1-c1ccc(O)c(C23CC4CC(CC(C4)C2)C3)c1. The van der Waals surface area contributed by atoms with E-state index >= 15 is 0 Å². The number of morpholine rings is 1. The summed E-state index contributed by atoms with van der Waals surface area (Å²) >= 11 is 1.44. The van der Waals surface area contributed by atoms with E-state index in [1.165, 1.54) is 50.3 Å². The average Bonchev–Trinajstić information content (AvgIpc) is 3.28. The van der Waals surface area contributed by atoms with Gasteiger partial charge in [-0.05, 0) is 115 Å². The number of thioether (sulfide) groups is 1. The van der Waals surface area contributed by atoms with Gasteiger partial charge in [-0.15, -0.1) is 0 Å². The number of amides is 1. The summed E-state index contributed by atoms with van der Waals surface area (Å²) < 4.78 is 11.2. The van der Waals surface area contributed by atoms with Crippen molar-refractivity contribution in [3.63, 3.8) is 0 Å². The molecule has 2 heterocycles. The molecule has 0 unspecified atom stereocenters. The standard InChI is InChI=1S/C31H34N2O4S/c1-36-27-5-2-19(14-28-29(35)32-30(38-28)33-6-8-37-9-7-33)13-24(27)23-3-4-26(34)25(15-23)31-16-20-10-21(17-31)12-22(11-20)18-31/h2-5,13-15,20-22,34H,6-12,16-18H2,1H3/b28-14+. The lowest BCUT2D eigenvalue weighted by Gasteiger charge is -2.57. The number of methoxy groups -OCH3 is 1. The first kappa shape index (κ1) is 24.3. The van der Waals surface area contributed by atoms with Crippen molar-refractivity contribution in [2.75, 3.05) is 33.4 Å². The fraction of sp³-hybridized carbons (Fsp3) is 0.484. The molecule has 8 rings (SSSR count). The minimum absolute atomic E-state index is 0.0990. The highest BCUT2D eigenvalue weighted by atomic mass is 32.2. The number of ether oxygens (including phenoxy) is 2. The molecule has 2 aromatic carbocycles. The Labute approximate surface area is 228 Å². The molecule has 7 heteroatoms. The molecular formula is C31H34N2O4S. The third-order valence-corrected chi connectivity index (χ3v) is 10.4. The molecular weight excluding hydrogens is 496 g/mol. The number of aliphatic imine (C=N–C) groups is 1. The maximum atomic E-state index is 12.7. The van der Waals surface area contributed by atoms with Crippen LogP contribution in [0.1, 0.15) is 49.7 Å². The highest BCUT2D eigenvalue weighted by Crippen LogP contribution is 2.62. The van der Waals surface area contributed by atoms with E-state index in [1.807, 2.05) is 30.3 Å². The smallest absolute Gasteiger partial charge is 0.286 e. The number of aromatic hydroxyl groups is 1. The summed E-state index contributed by atoms with van der Waals surface area (Å²) in [6, 6.07) is 12.1. The number of rotatable bonds is 4. The fourth-order valence-electron chi connectivity index (χ4n) is 8.05. The first-order valence-corrected chi connectivity index (χ1v) is 14.7. The van der Waals surface area contributed by atoms with Gasteiger partial charge in [-0.3, -0.25) is 4.79 Å². The molecule has 4 bridgehead atoms. The van der Waals surface area contributed by atoms with Crippen molar-refractivity contribution in [3.05, 3.63) is 52.4 Å². The Hall–Kier alpha value is -2.77. The summed E-state index contributed by atoms with van der Waals surface area (Å²) in [5.74, 6) is 3.43. The van der Waals surface area contributed by atoms with Crippen LogP contribution in [0.15, 0.2) is 46.3 Å². The monoisotopic (exact) mass is 530 g/mol. The third-order valence-electron chi connectivity index (χ3n) is 9.33. The molecule has 5 fully saturated rings. The lowest BCUT2D eigenvalue weighted by Crippen LogP contribution is -2.48. The van der Waals surface area contributed by atoms with E-state index in [9.17, 15) is 9.90 Å². The second-order valence-corrected chi connectivity index (χ2v) is 12.8. The summed E-state index contributed by atoms with van der Waals surface area (Å²) in [7, 11) is 1.69.